The van der Waals surface area contributed by atoms with Crippen LogP contribution in [0.4, 0.5) is 13.6 Å². The Morgan fingerprint density at radius 1 is 1.24 bits per heavy atom. The molecule has 2 heterocycles. The molecule has 8 heteroatoms. The molecule has 0 saturated carbocycles. The number of nitrogens with zero attached hydrogens (tertiary/aromatic N) is 3. The minimum Gasteiger partial charge on any atom is -0.465 e. The van der Waals surface area contributed by atoms with Crippen molar-refractivity contribution in [3.8, 4) is 0 Å². The number of likely N-dealkylation sites (tertiary alicyclic amines) is 1. The first-order chi connectivity index (χ1) is 9.90. The van der Waals surface area contributed by atoms with Crippen molar-refractivity contribution < 1.29 is 23.5 Å². The first-order valence-corrected chi connectivity index (χ1v) is 7.20. The van der Waals surface area contributed by atoms with Gasteiger partial charge in [0.05, 0.1) is 6.54 Å². The zero-order valence-electron chi connectivity index (χ0n) is 12.0. The number of hydrogen-bond acceptors (Lipinski definition) is 3. The molecule has 0 aromatic heterocycles. The van der Waals surface area contributed by atoms with Crippen LogP contribution in [0.25, 0.3) is 0 Å². The number of carboxylic acid groups (broad SMARTS) is 1. The number of carbonyl (C=O) groups excluding carboxylic acids is 1. The number of rotatable bonds is 3. The van der Waals surface area contributed by atoms with Crippen molar-refractivity contribution in [1.29, 1.82) is 0 Å². The Labute approximate surface area is 122 Å². The summed E-state index contributed by atoms with van der Waals surface area (Å²) in [7, 11) is 0. The van der Waals surface area contributed by atoms with Crippen LogP contribution >= 0.6 is 0 Å². The molecule has 2 aliphatic rings. The fraction of sp³-hybridized carbons (Fsp3) is 0.846. The maximum atomic E-state index is 12.5. The zero-order valence-corrected chi connectivity index (χ0v) is 12.0. The first-order valence-electron chi connectivity index (χ1n) is 7.20. The highest BCUT2D eigenvalue weighted by Gasteiger charge is 2.39. The molecule has 0 unspecified atom stereocenters. The molecule has 2 aliphatic heterocycles. The molecule has 120 valence electrons. The van der Waals surface area contributed by atoms with Crippen LogP contribution in [0, 0.1) is 0 Å². The summed E-state index contributed by atoms with van der Waals surface area (Å²) in [6.45, 7) is 3.09. The van der Waals surface area contributed by atoms with E-state index in [4.69, 9.17) is 5.11 Å². The number of piperazine rings is 1. The van der Waals surface area contributed by atoms with E-state index in [0.29, 0.717) is 39.0 Å². The number of alkyl halides is 2. The van der Waals surface area contributed by atoms with Gasteiger partial charge >= 0.3 is 6.09 Å². The van der Waals surface area contributed by atoms with Crippen LogP contribution in [0.1, 0.15) is 19.8 Å². The number of carbonyl (C=O) groups is 2. The number of hydrogen-bond donors (Lipinski definition) is 1. The van der Waals surface area contributed by atoms with Gasteiger partial charge in [0.1, 0.15) is 6.04 Å². The predicted molar refractivity (Wildman–Crippen MR) is 71.4 cm³/mol. The highest BCUT2D eigenvalue weighted by Crippen LogP contribution is 2.22. The second kappa shape index (κ2) is 6.55. The molecule has 2 rings (SSSR count). The standard InChI is InChI=1S/C13H21F2N3O3/c1-9-7-16(8-11(14)15)5-6-17(9)12(19)10-3-2-4-18(10)13(20)21/h9-11H,2-8H2,1H3,(H,20,21)/t9-,10+/m1/s1. The topological polar surface area (TPSA) is 64.1 Å². The van der Waals surface area contributed by atoms with Crippen LogP contribution in [0.3, 0.4) is 0 Å². The quantitative estimate of drug-likeness (QED) is 0.842. The maximum Gasteiger partial charge on any atom is 0.407 e. The van der Waals surface area contributed by atoms with Crippen LogP contribution in [0.15, 0.2) is 0 Å². The summed E-state index contributed by atoms with van der Waals surface area (Å²) in [6.07, 6.45) is -2.23. The highest BCUT2D eigenvalue weighted by molar-refractivity contribution is 5.86. The van der Waals surface area contributed by atoms with E-state index in [9.17, 15) is 18.4 Å². The van der Waals surface area contributed by atoms with Gasteiger partial charge in [-0.05, 0) is 19.8 Å². The fourth-order valence-corrected chi connectivity index (χ4v) is 3.17. The van der Waals surface area contributed by atoms with Gasteiger partial charge in [-0.25, -0.2) is 13.6 Å². The molecule has 2 amide bonds. The molecule has 0 aliphatic carbocycles. The van der Waals surface area contributed by atoms with Gasteiger partial charge in [-0.3, -0.25) is 14.6 Å². The normalized spacial score (nSPS) is 27.4. The minimum atomic E-state index is -2.38. The van der Waals surface area contributed by atoms with Gasteiger partial charge in [0, 0.05) is 32.2 Å². The van der Waals surface area contributed by atoms with Gasteiger partial charge in [-0.15, -0.1) is 0 Å². The van der Waals surface area contributed by atoms with Gasteiger partial charge in [0.25, 0.3) is 6.43 Å². The van der Waals surface area contributed by atoms with E-state index in [2.05, 4.69) is 0 Å². The Kier molecular flexibility index (Phi) is 4.97. The van der Waals surface area contributed by atoms with Crippen LogP contribution in [0.5, 0.6) is 0 Å². The van der Waals surface area contributed by atoms with E-state index in [0.717, 1.165) is 0 Å². The van der Waals surface area contributed by atoms with Crippen LogP contribution in [-0.4, -0.2) is 83.0 Å². The third-order valence-corrected chi connectivity index (χ3v) is 4.17. The zero-order chi connectivity index (χ0) is 15.6. The van der Waals surface area contributed by atoms with E-state index in [1.54, 1.807) is 9.80 Å². The largest absolute Gasteiger partial charge is 0.465 e. The molecule has 0 aromatic rings. The Hall–Kier alpha value is -1.44. The van der Waals surface area contributed by atoms with E-state index in [1.165, 1.54) is 4.90 Å². The Morgan fingerprint density at radius 3 is 2.52 bits per heavy atom. The molecule has 6 nitrogen and oxygen atoms in total. The van der Waals surface area contributed by atoms with E-state index in [1.807, 2.05) is 6.92 Å². The molecular weight excluding hydrogens is 284 g/mol. The van der Waals surface area contributed by atoms with Crippen molar-refractivity contribution in [2.45, 2.75) is 38.3 Å². The SMILES string of the molecule is C[C@@H]1CN(CC(F)F)CCN1C(=O)[C@@H]1CCCN1C(=O)O. The average Bonchev–Trinajstić information content (AvgIpc) is 2.86. The maximum absolute atomic E-state index is 12.5. The van der Waals surface area contributed by atoms with Crippen molar-refractivity contribution in [3.05, 3.63) is 0 Å². The molecule has 21 heavy (non-hydrogen) atoms. The molecule has 0 aromatic carbocycles. The Balaban J connectivity index is 1.96. The van der Waals surface area contributed by atoms with Crippen molar-refractivity contribution >= 4 is 12.0 Å². The third-order valence-electron chi connectivity index (χ3n) is 4.17. The van der Waals surface area contributed by atoms with Crippen molar-refractivity contribution in [2.75, 3.05) is 32.7 Å². The lowest BCUT2D eigenvalue weighted by Crippen LogP contribution is -2.58. The summed E-state index contributed by atoms with van der Waals surface area (Å²) in [5.41, 5.74) is 0. The van der Waals surface area contributed by atoms with Gasteiger partial charge in [0.2, 0.25) is 5.91 Å². The fourth-order valence-electron chi connectivity index (χ4n) is 3.17. The summed E-state index contributed by atoms with van der Waals surface area (Å²) in [4.78, 5) is 28.1. The molecular formula is C13H21F2N3O3. The van der Waals surface area contributed by atoms with E-state index in [-0.39, 0.29) is 18.5 Å². The summed E-state index contributed by atoms with van der Waals surface area (Å²) in [5, 5.41) is 9.10. The molecule has 0 bridgehead atoms. The van der Waals surface area contributed by atoms with Gasteiger partial charge in [0.15, 0.2) is 0 Å². The lowest BCUT2D eigenvalue weighted by Gasteiger charge is -2.41. The van der Waals surface area contributed by atoms with E-state index >= 15 is 0 Å². The van der Waals surface area contributed by atoms with Crippen molar-refractivity contribution in [3.63, 3.8) is 0 Å². The highest BCUT2D eigenvalue weighted by atomic mass is 19.3. The monoisotopic (exact) mass is 305 g/mol. The number of amides is 2. The summed E-state index contributed by atoms with van der Waals surface area (Å²) in [5.74, 6) is -0.195. The van der Waals surface area contributed by atoms with Gasteiger partial charge in [-0.1, -0.05) is 0 Å². The second-order valence-corrected chi connectivity index (χ2v) is 5.67. The van der Waals surface area contributed by atoms with Crippen molar-refractivity contribution in [1.82, 2.24) is 14.7 Å². The van der Waals surface area contributed by atoms with Crippen LogP contribution in [0.2, 0.25) is 0 Å². The number of halogens is 2. The Morgan fingerprint density at radius 2 is 1.95 bits per heavy atom. The van der Waals surface area contributed by atoms with E-state index < -0.39 is 18.6 Å². The van der Waals surface area contributed by atoms with Crippen LogP contribution in [-0.2, 0) is 4.79 Å². The molecule has 0 spiro atoms. The summed E-state index contributed by atoms with van der Waals surface area (Å²) < 4.78 is 24.8. The summed E-state index contributed by atoms with van der Waals surface area (Å²) >= 11 is 0. The molecule has 0 radical (unpaired) electrons. The molecule has 2 saturated heterocycles. The lowest BCUT2D eigenvalue weighted by atomic mass is 10.1. The van der Waals surface area contributed by atoms with Gasteiger partial charge in [-0.2, -0.15) is 0 Å². The second-order valence-electron chi connectivity index (χ2n) is 5.67. The Bertz CT molecular complexity index is 408. The molecule has 1 N–H and O–H groups in total. The smallest absolute Gasteiger partial charge is 0.407 e. The third kappa shape index (κ3) is 3.61. The lowest BCUT2D eigenvalue weighted by molar-refractivity contribution is -0.140. The molecule has 2 atom stereocenters. The predicted octanol–water partition coefficient (Wildman–Crippen LogP) is 0.927. The minimum absolute atomic E-state index is 0.179. The molecule has 2 fully saturated rings. The van der Waals surface area contributed by atoms with Crippen molar-refractivity contribution in [2.24, 2.45) is 0 Å². The van der Waals surface area contributed by atoms with Gasteiger partial charge < -0.3 is 10.0 Å². The first kappa shape index (κ1) is 15.9. The van der Waals surface area contributed by atoms with Crippen LogP contribution < -0.4 is 0 Å². The summed E-state index contributed by atoms with van der Waals surface area (Å²) in [6, 6.07) is -0.798. The average molecular weight is 305 g/mol.